The second kappa shape index (κ2) is 11.2. The van der Waals surface area contributed by atoms with Gasteiger partial charge in [0.05, 0.1) is 5.92 Å². The number of rotatable bonds is 7. The lowest BCUT2D eigenvalue weighted by Gasteiger charge is -2.35. The van der Waals surface area contributed by atoms with Crippen LogP contribution in [0.15, 0.2) is 39.9 Å². The van der Waals surface area contributed by atoms with E-state index >= 15 is 0 Å². The molecule has 1 N–H and O–H groups in total. The van der Waals surface area contributed by atoms with Crippen LogP contribution in [-0.2, 0) is 24.9 Å². The first-order valence-electron chi connectivity index (χ1n) is 13.0. The number of aryl methyl sites for hydroxylation is 1. The maximum Gasteiger partial charge on any atom is 0.332 e. The van der Waals surface area contributed by atoms with Crippen molar-refractivity contribution in [3.05, 3.63) is 62.3 Å². The highest BCUT2D eigenvalue weighted by molar-refractivity contribution is 5.79. The molecule has 0 radical (unpaired) electrons. The summed E-state index contributed by atoms with van der Waals surface area (Å²) < 4.78 is 2.75. The van der Waals surface area contributed by atoms with Gasteiger partial charge in [0.25, 0.3) is 5.56 Å². The molecule has 0 unspecified atom stereocenters. The lowest BCUT2D eigenvalue weighted by Crippen LogP contribution is -2.48. The number of nitrogens with zero attached hydrogens (tertiary/aromatic N) is 4. The fourth-order valence-corrected chi connectivity index (χ4v) is 5.42. The normalized spacial score (nSPS) is 19.6. The molecule has 2 aromatic rings. The van der Waals surface area contributed by atoms with Crippen LogP contribution in [0.2, 0.25) is 0 Å². The van der Waals surface area contributed by atoms with E-state index in [2.05, 4.69) is 41.4 Å². The highest BCUT2D eigenvalue weighted by Gasteiger charge is 2.28. The Bertz CT molecular complexity index is 1150. The monoisotopic (exact) mass is 481 g/mol. The Morgan fingerprint density at radius 2 is 1.86 bits per heavy atom. The summed E-state index contributed by atoms with van der Waals surface area (Å²) in [5.41, 5.74) is 2.04. The Morgan fingerprint density at radius 3 is 2.57 bits per heavy atom. The second-order valence-electron chi connectivity index (χ2n) is 10.2. The molecule has 0 aliphatic carbocycles. The quantitative estimate of drug-likeness (QED) is 0.655. The maximum absolute atomic E-state index is 13.0. The van der Waals surface area contributed by atoms with E-state index in [-0.39, 0.29) is 23.1 Å². The molecule has 2 aliphatic rings. The predicted molar refractivity (Wildman–Crippen MR) is 139 cm³/mol. The number of carbonyl (C=O) groups excluding carboxylic acids is 1. The summed E-state index contributed by atoms with van der Waals surface area (Å²) in [7, 11) is 1.50. The Balaban J connectivity index is 1.28. The number of likely N-dealkylation sites (tertiary alicyclic amines) is 1. The molecule has 0 saturated carbocycles. The van der Waals surface area contributed by atoms with Crippen molar-refractivity contribution >= 4 is 11.7 Å². The van der Waals surface area contributed by atoms with Gasteiger partial charge in [0.15, 0.2) is 0 Å². The van der Waals surface area contributed by atoms with Crippen molar-refractivity contribution in [1.29, 1.82) is 0 Å². The molecule has 2 aliphatic heterocycles. The Morgan fingerprint density at radius 1 is 1.09 bits per heavy atom. The zero-order valence-corrected chi connectivity index (χ0v) is 21.3. The molecule has 0 spiro atoms. The van der Waals surface area contributed by atoms with Crippen LogP contribution in [0.5, 0.6) is 0 Å². The summed E-state index contributed by atoms with van der Waals surface area (Å²) in [4.78, 5) is 42.3. The van der Waals surface area contributed by atoms with E-state index in [4.69, 9.17) is 0 Å². The number of hydrogen-bond acceptors (Lipinski definition) is 5. The predicted octanol–water partition coefficient (Wildman–Crippen LogP) is 2.12. The summed E-state index contributed by atoms with van der Waals surface area (Å²) >= 11 is 0. The van der Waals surface area contributed by atoms with E-state index in [9.17, 15) is 14.4 Å². The van der Waals surface area contributed by atoms with Crippen molar-refractivity contribution in [2.24, 2.45) is 18.9 Å². The minimum atomic E-state index is -0.310. The summed E-state index contributed by atoms with van der Waals surface area (Å²) in [6.45, 7) is 9.63. The third-order valence-electron chi connectivity index (χ3n) is 7.57. The third-order valence-corrected chi connectivity index (χ3v) is 7.57. The van der Waals surface area contributed by atoms with Gasteiger partial charge < -0.3 is 10.2 Å². The lowest BCUT2D eigenvalue weighted by molar-refractivity contribution is -0.125. The van der Waals surface area contributed by atoms with Crippen LogP contribution in [-0.4, -0.2) is 52.7 Å². The first-order chi connectivity index (χ1) is 16.9. The van der Waals surface area contributed by atoms with Crippen molar-refractivity contribution in [1.82, 2.24) is 19.4 Å². The van der Waals surface area contributed by atoms with Gasteiger partial charge in [-0.1, -0.05) is 29.8 Å². The SMILES string of the molecule is CCn1c(N2CCC[C@H](C(=O)NCC3CCN(Cc4cccc(C)c4)CC3)C2)cc(=O)n(C)c1=O. The number of amides is 1. The van der Waals surface area contributed by atoms with E-state index in [1.807, 2.05) is 11.8 Å². The second-order valence-corrected chi connectivity index (χ2v) is 10.2. The molecular weight excluding hydrogens is 442 g/mol. The fourth-order valence-electron chi connectivity index (χ4n) is 5.42. The molecule has 8 nitrogen and oxygen atoms in total. The van der Waals surface area contributed by atoms with Gasteiger partial charge in [-0.15, -0.1) is 0 Å². The molecule has 3 heterocycles. The van der Waals surface area contributed by atoms with Crippen LogP contribution < -0.4 is 21.5 Å². The molecule has 1 amide bonds. The first kappa shape index (κ1) is 25.2. The van der Waals surface area contributed by atoms with Crippen LogP contribution >= 0.6 is 0 Å². The molecule has 190 valence electrons. The van der Waals surface area contributed by atoms with E-state index in [1.54, 1.807) is 4.57 Å². The standard InChI is InChI=1S/C27H39N5O3/c1-4-32-24(16-25(33)29(3)27(32)35)31-12-6-9-23(19-31)26(34)28-17-21-10-13-30(14-11-21)18-22-8-5-7-20(2)15-22/h5,7-8,15-16,21,23H,4,6,9-14,17-19H2,1-3H3,(H,28,34)/t23-/m0/s1. The number of anilines is 1. The van der Waals surface area contributed by atoms with Crippen molar-refractivity contribution in [2.45, 2.75) is 52.6 Å². The highest BCUT2D eigenvalue weighted by Crippen LogP contribution is 2.23. The zero-order valence-electron chi connectivity index (χ0n) is 21.3. The largest absolute Gasteiger partial charge is 0.357 e. The van der Waals surface area contributed by atoms with Crippen LogP contribution in [0.4, 0.5) is 5.82 Å². The van der Waals surface area contributed by atoms with Crippen LogP contribution in [0, 0.1) is 18.8 Å². The minimum absolute atomic E-state index is 0.0890. The molecule has 2 saturated heterocycles. The van der Waals surface area contributed by atoms with Crippen LogP contribution in [0.25, 0.3) is 0 Å². The number of benzene rings is 1. The Kier molecular flexibility index (Phi) is 8.11. The zero-order chi connectivity index (χ0) is 24.9. The van der Waals surface area contributed by atoms with Gasteiger partial charge in [-0.05, 0) is 64.1 Å². The average molecular weight is 482 g/mol. The molecule has 1 aromatic carbocycles. The molecular formula is C27H39N5O3. The molecule has 0 bridgehead atoms. The van der Waals surface area contributed by atoms with Gasteiger partial charge >= 0.3 is 5.69 Å². The summed E-state index contributed by atoms with van der Waals surface area (Å²) in [5, 5.41) is 3.21. The number of piperidine rings is 2. The number of hydrogen-bond donors (Lipinski definition) is 1. The summed E-state index contributed by atoms with van der Waals surface area (Å²) in [6.07, 6.45) is 3.89. The molecule has 1 atom stereocenters. The topological polar surface area (TPSA) is 79.6 Å². The Hall–Kier alpha value is -2.87. The first-order valence-corrected chi connectivity index (χ1v) is 13.0. The van der Waals surface area contributed by atoms with Crippen molar-refractivity contribution in [3.8, 4) is 0 Å². The van der Waals surface area contributed by atoms with Gasteiger partial charge in [-0.2, -0.15) is 0 Å². The molecule has 35 heavy (non-hydrogen) atoms. The third kappa shape index (κ3) is 6.04. The maximum atomic E-state index is 13.0. The van der Waals surface area contributed by atoms with Gasteiger partial charge in [-0.25, -0.2) is 4.79 Å². The lowest BCUT2D eigenvalue weighted by atomic mass is 9.94. The summed E-state index contributed by atoms with van der Waals surface area (Å²) in [5.74, 6) is 1.09. The van der Waals surface area contributed by atoms with Gasteiger partial charge in [0.1, 0.15) is 5.82 Å². The molecule has 4 rings (SSSR count). The van der Waals surface area contributed by atoms with E-state index in [0.29, 0.717) is 24.8 Å². The van der Waals surface area contributed by atoms with Gasteiger partial charge in [0.2, 0.25) is 5.91 Å². The highest BCUT2D eigenvalue weighted by atomic mass is 16.2. The minimum Gasteiger partial charge on any atom is -0.357 e. The number of aromatic nitrogens is 2. The summed E-state index contributed by atoms with van der Waals surface area (Å²) in [6, 6.07) is 10.2. The average Bonchev–Trinajstić information content (AvgIpc) is 2.86. The number of carbonyl (C=O) groups is 1. The smallest absolute Gasteiger partial charge is 0.332 e. The van der Waals surface area contributed by atoms with E-state index in [1.165, 1.54) is 24.2 Å². The van der Waals surface area contributed by atoms with Gasteiger partial charge in [0, 0.05) is 45.8 Å². The molecule has 2 fully saturated rings. The Labute approximate surface area is 207 Å². The van der Waals surface area contributed by atoms with Crippen LogP contribution in [0.1, 0.15) is 43.7 Å². The van der Waals surface area contributed by atoms with Gasteiger partial charge in [-0.3, -0.25) is 23.6 Å². The van der Waals surface area contributed by atoms with Crippen molar-refractivity contribution in [2.75, 3.05) is 37.6 Å². The molecule has 8 heteroatoms. The van der Waals surface area contributed by atoms with E-state index in [0.717, 1.165) is 63.0 Å². The molecule has 1 aromatic heterocycles. The number of nitrogens with one attached hydrogen (secondary N) is 1. The van der Waals surface area contributed by atoms with Crippen molar-refractivity contribution < 1.29 is 4.79 Å². The van der Waals surface area contributed by atoms with Crippen molar-refractivity contribution in [3.63, 3.8) is 0 Å². The van der Waals surface area contributed by atoms with Crippen LogP contribution in [0.3, 0.4) is 0 Å². The van der Waals surface area contributed by atoms with E-state index < -0.39 is 0 Å². The fraction of sp³-hybridized carbons (Fsp3) is 0.593.